The highest BCUT2D eigenvalue weighted by atomic mass is 35.5. The van der Waals surface area contributed by atoms with Gasteiger partial charge in [0.05, 0.1) is 10.1 Å². The van der Waals surface area contributed by atoms with Crippen molar-refractivity contribution in [2.24, 2.45) is 0 Å². The number of thiophene rings is 1. The van der Waals surface area contributed by atoms with Crippen molar-refractivity contribution in [3.8, 4) is 0 Å². The Hall–Kier alpha value is -0.180. The first-order valence-electron chi connectivity index (χ1n) is 6.20. The number of sulfonamides is 1. The highest BCUT2D eigenvalue weighted by Crippen LogP contribution is 2.21. The van der Waals surface area contributed by atoms with E-state index in [2.05, 4.69) is 14.9 Å². The Labute approximate surface area is 123 Å². The van der Waals surface area contributed by atoms with E-state index in [0.717, 1.165) is 31.1 Å². The van der Waals surface area contributed by atoms with Gasteiger partial charge in [0.15, 0.2) is 0 Å². The van der Waals surface area contributed by atoms with Crippen LogP contribution in [0.4, 0.5) is 0 Å². The molecule has 1 aromatic heterocycles. The molecule has 1 aliphatic heterocycles. The molecule has 19 heavy (non-hydrogen) atoms. The van der Waals surface area contributed by atoms with Gasteiger partial charge in [0, 0.05) is 44.1 Å². The zero-order valence-corrected chi connectivity index (χ0v) is 13.0. The predicted molar refractivity (Wildman–Crippen MR) is 79.3 cm³/mol. The molecule has 8 heteroatoms. The Bertz CT molecular complexity index is 498. The number of hydrogen-bond acceptors (Lipinski definition) is 5. The van der Waals surface area contributed by atoms with Crippen LogP contribution in [0.5, 0.6) is 0 Å². The molecule has 0 unspecified atom stereocenters. The lowest BCUT2D eigenvalue weighted by Gasteiger charge is -2.26. The number of halogens is 1. The Morgan fingerprint density at radius 3 is 2.74 bits per heavy atom. The fraction of sp³-hybridized carbons (Fsp3) is 0.636. The number of nitrogens with zero attached hydrogens (tertiary/aromatic N) is 1. The largest absolute Gasteiger partial charge is 0.314 e. The van der Waals surface area contributed by atoms with Crippen molar-refractivity contribution >= 4 is 33.0 Å². The minimum absolute atomic E-state index is 0.145. The van der Waals surface area contributed by atoms with E-state index in [9.17, 15) is 8.42 Å². The Morgan fingerprint density at radius 1 is 1.37 bits per heavy atom. The SMILES string of the molecule is O=S(=O)(CCN1CCNCC1)NCc1ccc(Cl)s1. The molecule has 1 saturated heterocycles. The van der Waals surface area contributed by atoms with E-state index < -0.39 is 10.0 Å². The van der Waals surface area contributed by atoms with Crippen LogP contribution >= 0.6 is 22.9 Å². The molecule has 0 spiro atoms. The molecule has 108 valence electrons. The quantitative estimate of drug-likeness (QED) is 0.810. The predicted octanol–water partition coefficient (Wildman–Crippen LogP) is 0.726. The number of hydrogen-bond donors (Lipinski definition) is 2. The van der Waals surface area contributed by atoms with E-state index in [1.165, 1.54) is 11.3 Å². The van der Waals surface area contributed by atoms with Crippen LogP contribution in [-0.4, -0.2) is 51.8 Å². The molecule has 2 heterocycles. The van der Waals surface area contributed by atoms with Crippen molar-refractivity contribution in [1.29, 1.82) is 0 Å². The van der Waals surface area contributed by atoms with Gasteiger partial charge in [0.1, 0.15) is 0 Å². The number of nitrogens with one attached hydrogen (secondary N) is 2. The number of rotatable bonds is 6. The highest BCUT2D eigenvalue weighted by molar-refractivity contribution is 7.89. The van der Waals surface area contributed by atoms with Gasteiger partial charge in [0.2, 0.25) is 10.0 Å². The van der Waals surface area contributed by atoms with Crippen LogP contribution in [0.3, 0.4) is 0 Å². The minimum Gasteiger partial charge on any atom is -0.314 e. The first kappa shape index (κ1) is 15.2. The van der Waals surface area contributed by atoms with Crippen LogP contribution in [-0.2, 0) is 16.6 Å². The van der Waals surface area contributed by atoms with Crippen molar-refractivity contribution < 1.29 is 8.42 Å². The molecule has 0 aromatic carbocycles. The van der Waals surface area contributed by atoms with E-state index in [1.54, 1.807) is 6.07 Å². The van der Waals surface area contributed by atoms with E-state index in [1.807, 2.05) is 6.07 Å². The van der Waals surface area contributed by atoms with Crippen molar-refractivity contribution in [2.75, 3.05) is 38.5 Å². The Kier molecular flexibility index (Phi) is 5.61. The fourth-order valence-electron chi connectivity index (χ4n) is 1.88. The van der Waals surface area contributed by atoms with Gasteiger partial charge in [-0.15, -0.1) is 11.3 Å². The molecule has 1 fully saturated rings. The van der Waals surface area contributed by atoms with E-state index in [4.69, 9.17) is 11.6 Å². The molecule has 2 N–H and O–H groups in total. The van der Waals surface area contributed by atoms with Gasteiger partial charge in [-0.2, -0.15) is 0 Å². The highest BCUT2D eigenvalue weighted by Gasteiger charge is 2.15. The molecule has 0 radical (unpaired) electrons. The third kappa shape index (κ3) is 5.37. The van der Waals surface area contributed by atoms with Gasteiger partial charge in [-0.1, -0.05) is 11.6 Å². The summed E-state index contributed by atoms with van der Waals surface area (Å²) in [5, 5.41) is 3.24. The first-order valence-corrected chi connectivity index (χ1v) is 9.04. The van der Waals surface area contributed by atoms with Gasteiger partial charge in [0.25, 0.3) is 0 Å². The van der Waals surface area contributed by atoms with E-state index in [-0.39, 0.29) is 5.75 Å². The van der Waals surface area contributed by atoms with Crippen LogP contribution in [0.1, 0.15) is 4.88 Å². The maximum atomic E-state index is 11.9. The standard InChI is InChI=1S/C11H18ClN3O2S2/c12-11-2-1-10(18-11)9-14-19(16,17)8-7-15-5-3-13-4-6-15/h1-2,13-14H,3-9H2. The Balaban J connectivity index is 1.75. The summed E-state index contributed by atoms with van der Waals surface area (Å²) in [4.78, 5) is 3.09. The molecule has 5 nitrogen and oxygen atoms in total. The van der Waals surface area contributed by atoms with Crippen LogP contribution < -0.4 is 10.0 Å². The lowest BCUT2D eigenvalue weighted by molar-refractivity contribution is 0.253. The van der Waals surface area contributed by atoms with Gasteiger partial charge in [-0.3, -0.25) is 4.90 Å². The molecule has 0 aliphatic carbocycles. The summed E-state index contributed by atoms with van der Waals surface area (Å²) in [7, 11) is -3.22. The molecule has 1 aliphatic rings. The lowest BCUT2D eigenvalue weighted by Crippen LogP contribution is -2.45. The van der Waals surface area contributed by atoms with Gasteiger partial charge >= 0.3 is 0 Å². The van der Waals surface area contributed by atoms with Gasteiger partial charge < -0.3 is 5.32 Å². The van der Waals surface area contributed by atoms with Gasteiger partial charge in [-0.25, -0.2) is 13.1 Å². The Morgan fingerprint density at radius 2 is 2.11 bits per heavy atom. The maximum Gasteiger partial charge on any atom is 0.213 e. The average molecular weight is 324 g/mol. The topological polar surface area (TPSA) is 61.4 Å². The second-order valence-corrected chi connectivity index (χ2v) is 8.16. The molecule has 2 rings (SSSR count). The molecule has 1 aromatic rings. The summed E-state index contributed by atoms with van der Waals surface area (Å²) < 4.78 is 27.0. The monoisotopic (exact) mass is 323 g/mol. The number of piperazine rings is 1. The van der Waals surface area contributed by atoms with E-state index in [0.29, 0.717) is 17.4 Å². The fourth-order valence-corrected chi connectivity index (χ4v) is 4.02. The van der Waals surface area contributed by atoms with Crippen molar-refractivity contribution in [3.05, 3.63) is 21.3 Å². The van der Waals surface area contributed by atoms with Crippen molar-refractivity contribution in [3.63, 3.8) is 0 Å². The second kappa shape index (κ2) is 7.01. The molecular formula is C11H18ClN3O2S2. The zero-order valence-electron chi connectivity index (χ0n) is 10.6. The molecule has 0 atom stereocenters. The van der Waals surface area contributed by atoms with E-state index >= 15 is 0 Å². The maximum absolute atomic E-state index is 11.9. The summed E-state index contributed by atoms with van der Waals surface area (Å²) >= 11 is 7.20. The summed E-state index contributed by atoms with van der Waals surface area (Å²) in [5.74, 6) is 0.145. The summed E-state index contributed by atoms with van der Waals surface area (Å²) in [6.07, 6.45) is 0. The third-order valence-corrected chi connectivity index (χ3v) is 5.52. The summed E-state index contributed by atoms with van der Waals surface area (Å²) in [6.45, 7) is 4.60. The third-order valence-electron chi connectivity index (χ3n) is 2.98. The lowest BCUT2D eigenvalue weighted by atomic mass is 10.4. The van der Waals surface area contributed by atoms with Crippen LogP contribution in [0, 0.1) is 0 Å². The molecule has 0 amide bonds. The summed E-state index contributed by atoms with van der Waals surface area (Å²) in [6, 6.07) is 3.61. The molecule has 0 bridgehead atoms. The van der Waals surface area contributed by atoms with Crippen molar-refractivity contribution in [2.45, 2.75) is 6.54 Å². The normalized spacial score (nSPS) is 17.7. The summed E-state index contributed by atoms with van der Waals surface area (Å²) in [5.41, 5.74) is 0. The molecule has 0 saturated carbocycles. The molecular weight excluding hydrogens is 306 g/mol. The van der Waals surface area contributed by atoms with Gasteiger partial charge in [-0.05, 0) is 12.1 Å². The average Bonchev–Trinajstić information content (AvgIpc) is 2.82. The van der Waals surface area contributed by atoms with Crippen LogP contribution in [0.2, 0.25) is 4.34 Å². The smallest absolute Gasteiger partial charge is 0.213 e. The first-order chi connectivity index (χ1) is 9.05. The second-order valence-electron chi connectivity index (χ2n) is 4.44. The van der Waals surface area contributed by atoms with Crippen LogP contribution in [0.25, 0.3) is 0 Å². The van der Waals surface area contributed by atoms with Crippen molar-refractivity contribution in [1.82, 2.24) is 14.9 Å². The van der Waals surface area contributed by atoms with Crippen LogP contribution in [0.15, 0.2) is 12.1 Å². The minimum atomic E-state index is -3.22. The zero-order chi connectivity index (χ0) is 13.7.